The predicted molar refractivity (Wildman–Crippen MR) is 111 cm³/mol. The number of carbonyl (C=O) groups is 1. The Morgan fingerprint density at radius 3 is 2.59 bits per heavy atom. The highest BCUT2D eigenvalue weighted by Gasteiger charge is 2.11. The molecule has 1 amide bonds. The molecule has 0 fully saturated rings. The third-order valence-electron chi connectivity index (χ3n) is 5.02. The molecule has 0 bridgehead atoms. The summed E-state index contributed by atoms with van der Waals surface area (Å²) in [6.45, 7) is 6.54. The standard InChI is InChI=1S/C23H28N2O2/c1-4-6-7-8-22(26)24-19-12-9-17(10-13-19)23-25-20-15-18(16(3)5-2)11-14-21(20)27-23/h9-16H,4-8H2,1-3H3,(H,24,26)/t16-/m1/s1. The van der Waals surface area contributed by atoms with Gasteiger partial charge in [0, 0.05) is 17.7 Å². The van der Waals surface area contributed by atoms with Crippen molar-refractivity contribution in [1.29, 1.82) is 0 Å². The first-order valence-corrected chi connectivity index (χ1v) is 9.91. The first-order chi connectivity index (χ1) is 13.1. The summed E-state index contributed by atoms with van der Waals surface area (Å²) in [5.74, 6) is 1.18. The molecule has 3 rings (SSSR count). The third-order valence-corrected chi connectivity index (χ3v) is 5.02. The summed E-state index contributed by atoms with van der Waals surface area (Å²) < 4.78 is 5.91. The van der Waals surface area contributed by atoms with E-state index in [1.807, 2.05) is 30.3 Å². The van der Waals surface area contributed by atoms with Crippen LogP contribution in [0.15, 0.2) is 46.9 Å². The van der Waals surface area contributed by atoms with Gasteiger partial charge in [-0.3, -0.25) is 4.79 Å². The number of aromatic nitrogens is 1. The average Bonchev–Trinajstić information content (AvgIpc) is 3.11. The molecule has 142 valence electrons. The summed E-state index contributed by atoms with van der Waals surface area (Å²) in [6.07, 6.45) is 4.80. The maximum Gasteiger partial charge on any atom is 0.227 e. The van der Waals surface area contributed by atoms with Crippen LogP contribution in [0.3, 0.4) is 0 Å². The van der Waals surface area contributed by atoms with Gasteiger partial charge in [-0.15, -0.1) is 0 Å². The molecule has 1 heterocycles. The molecule has 0 radical (unpaired) electrons. The van der Waals surface area contributed by atoms with Gasteiger partial charge < -0.3 is 9.73 Å². The smallest absolute Gasteiger partial charge is 0.227 e. The van der Waals surface area contributed by atoms with E-state index in [1.54, 1.807) is 0 Å². The number of oxazole rings is 1. The largest absolute Gasteiger partial charge is 0.436 e. The highest BCUT2D eigenvalue weighted by Crippen LogP contribution is 2.28. The van der Waals surface area contributed by atoms with Gasteiger partial charge in [0.25, 0.3) is 0 Å². The zero-order valence-electron chi connectivity index (χ0n) is 16.4. The number of benzene rings is 2. The van der Waals surface area contributed by atoms with E-state index in [0.717, 1.165) is 48.0 Å². The Balaban J connectivity index is 1.72. The molecule has 1 N–H and O–H groups in total. The number of amides is 1. The number of anilines is 1. The number of nitrogens with zero attached hydrogens (tertiary/aromatic N) is 1. The zero-order chi connectivity index (χ0) is 19.2. The van der Waals surface area contributed by atoms with Gasteiger partial charge in [0.05, 0.1) is 0 Å². The molecule has 0 aliphatic carbocycles. The summed E-state index contributed by atoms with van der Waals surface area (Å²) in [7, 11) is 0. The van der Waals surface area contributed by atoms with Crippen LogP contribution >= 0.6 is 0 Å². The number of rotatable bonds is 8. The van der Waals surface area contributed by atoms with Crippen LogP contribution in [0, 0.1) is 0 Å². The SMILES string of the molecule is CCCCCC(=O)Nc1ccc(-c2nc3cc([C@H](C)CC)ccc3o2)cc1. The van der Waals surface area contributed by atoms with Crippen LogP contribution in [0.25, 0.3) is 22.6 Å². The average molecular weight is 364 g/mol. The van der Waals surface area contributed by atoms with Crippen molar-refractivity contribution in [2.75, 3.05) is 5.32 Å². The quantitative estimate of drug-likeness (QED) is 0.462. The zero-order valence-corrected chi connectivity index (χ0v) is 16.4. The Morgan fingerprint density at radius 2 is 1.89 bits per heavy atom. The molecule has 1 aromatic heterocycles. The molecule has 27 heavy (non-hydrogen) atoms. The summed E-state index contributed by atoms with van der Waals surface area (Å²) in [4.78, 5) is 16.6. The number of fused-ring (bicyclic) bond motifs is 1. The summed E-state index contributed by atoms with van der Waals surface area (Å²) in [6, 6.07) is 13.9. The van der Waals surface area contributed by atoms with E-state index in [0.29, 0.717) is 18.2 Å². The lowest BCUT2D eigenvalue weighted by Crippen LogP contribution is -2.10. The van der Waals surface area contributed by atoms with Gasteiger partial charge in [-0.05, 0) is 60.7 Å². The van der Waals surface area contributed by atoms with Crippen molar-refractivity contribution in [3.8, 4) is 11.5 Å². The van der Waals surface area contributed by atoms with Crippen LogP contribution in [-0.2, 0) is 4.79 Å². The molecule has 0 aliphatic rings. The van der Waals surface area contributed by atoms with Crippen LogP contribution in [0.1, 0.15) is 64.4 Å². The van der Waals surface area contributed by atoms with Crippen molar-refractivity contribution in [2.24, 2.45) is 0 Å². The van der Waals surface area contributed by atoms with E-state index >= 15 is 0 Å². The van der Waals surface area contributed by atoms with Crippen molar-refractivity contribution in [1.82, 2.24) is 4.98 Å². The molecule has 0 aliphatic heterocycles. The number of hydrogen-bond acceptors (Lipinski definition) is 3. The summed E-state index contributed by atoms with van der Waals surface area (Å²) in [5.41, 5.74) is 4.67. The van der Waals surface area contributed by atoms with Gasteiger partial charge in [-0.1, -0.05) is 39.7 Å². The molecule has 1 atom stereocenters. The Labute approximate surface area is 161 Å². The molecule has 3 aromatic rings. The highest BCUT2D eigenvalue weighted by atomic mass is 16.3. The predicted octanol–water partition coefficient (Wildman–Crippen LogP) is 6.53. The van der Waals surface area contributed by atoms with E-state index in [1.165, 1.54) is 5.56 Å². The summed E-state index contributed by atoms with van der Waals surface area (Å²) >= 11 is 0. The lowest BCUT2D eigenvalue weighted by Gasteiger charge is -2.07. The second-order valence-electron chi connectivity index (χ2n) is 7.14. The van der Waals surface area contributed by atoms with Crippen molar-refractivity contribution in [2.45, 2.75) is 58.8 Å². The van der Waals surface area contributed by atoms with Crippen LogP contribution in [-0.4, -0.2) is 10.9 Å². The molecule has 0 unspecified atom stereocenters. The minimum Gasteiger partial charge on any atom is -0.436 e. The first-order valence-electron chi connectivity index (χ1n) is 9.91. The Morgan fingerprint density at radius 1 is 1.11 bits per heavy atom. The molecule has 0 saturated heterocycles. The van der Waals surface area contributed by atoms with Gasteiger partial charge in [-0.2, -0.15) is 0 Å². The van der Waals surface area contributed by atoms with Gasteiger partial charge in [0.15, 0.2) is 5.58 Å². The highest BCUT2D eigenvalue weighted by molar-refractivity contribution is 5.91. The monoisotopic (exact) mass is 364 g/mol. The van der Waals surface area contributed by atoms with Crippen molar-refractivity contribution in [3.05, 3.63) is 48.0 Å². The van der Waals surface area contributed by atoms with E-state index in [4.69, 9.17) is 4.42 Å². The molecular formula is C23H28N2O2. The minimum absolute atomic E-state index is 0.0654. The second-order valence-corrected chi connectivity index (χ2v) is 7.14. The lowest BCUT2D eigenvalue weighted by molar-refractivity contribution is -0.116. The number of unbranched alkanes of at least 4 members (excludes halogenated alkanes) is 2. The minimum atomic E-state index is 0.0654. The van der Waals surface area contributed by atoms with E-state index in [2.05, 4.69) is 43.2 Å². The molecular weight excluding hydrogens is 336 g/mol. The normalized spacial score (nSPS) is 12.3. The maximum atomic E-state index is 11.9. The van der Waals surface area contributed by atoms with Crippen LogP contribution in [0.2, 0.25) is 0 Å². The first kappa shape index (κ1) is 19.2. The van der Waals surface area contributed by atoms with Crippen molar-refractivity contribution in [3.63, 3.8) is 0 Å². The Hall–Kier alpha value is -2.62. The van der Waals surface area contributed by atoms with Gasteiger partial charge in [-0.25, -0.2) is 4.98 Å². The molecule has 0 spiro atoms. The number of carbonyl (C=O) groups excluding carboxylic acids is 1. The fraction of sp³-hybridized carbons (Fsp3) is 0.391. The molecule has 2 aromatic carbocycles. The molecule has 4 nitrogen and oxygen atoms in total. The second kappa shape index (κ2) is 8.85. The van der Waals surface area contributed by atoms with E-state index in [9.17, 15) is 4.79 Å². The van der Waals surface area contributed by atoms with Crippen LogP contribution < -0.4 is 5.32 Å². The number of hydrogen-bond donors (Lipinski definition) is 1. The third kappa shape index (κ3) is 4.76. The topological polar surface area (TPSA) is 55.1 Å². The van der Waals surface area contributed by atoms with Crippen LogP contribution in [0.4, 0.5) is 5.69 Å². The van der Waals surface area contributed by atoms with Crippen molar-refractivity contribution < 1.29 is 9.21 Å². The molecule has 4 heteroatoms. The van der Waals surface area contributed by atoms with E-state index in [-0.39, 0.29) is 5.91 Å². The maximum absolute atomic E-state index is 11.9. The van der Waals surface area contributed by atoms with E-state index < -0.39 is 0 Å². The number of nitrogens with one attached hydrogen (secondary N) is 1. The van der Waals surface area contributed by atoms with Gasteiger partial charge in [0.1, 0.15) is 5.52 Å². The Kier molecular flexibility index (Phi) is 6.28. The lowest BCUT2D eigenvalue weighted by atomic mass is 9.98. The molecule has 0 saturated carbocycles. The Bertz CT molecular complexity index is 896. The van der Waals surface area contributed by atoms with Crippen molar-refractivity contribution >= 4 is 22.7 Å². The summed E-state index contributed by atoms with van der Waals surface area (Å²) in [5, 5.41) is 2.94. The fourth-order valence-electron chi connectivity index (χ4n) is 3.07. The van der Waals surface area contributed by atoms with Gasteiger partial charge >= 0.3 is 0 Å². The van der Waals surface area contributed by atoms with Gasteiger partial charge in [0.2, 0.25) is 11.8 Å². The fourth-order valence-corrected chi connectivity index (χ4v) is 3.07. The van der Waals surface area contributed by atoms with Crippen LogP contribution in [0.5, 0.6) is 0 Å².